The minimum Gasteiger partial charge on any atom is -0.497 e. The molecule has 0 aliphatic rings. The molecule has 1 unspecified atom stereocenters. The third-order valence-corrected chi connectivity index (χ3v) is 6.34. The Hall–Kier alpha value is -3.45. The van der Waals surface area contributed by atoms with Crippen LogP contribution >= 0.6 is 22.6 Å². The highest BCUT2D eigenvalue weighted by Crippen LogP contribution is 2.33. The van der Waals surface area contributed by atoms with Crippen molar-refractivity contribution in [1.82, 2.24) is 0 Å². The third-order valence-electron chi connectivity index (χ3n) is 5.67. The molecule has 0 radical (unpaired) electrons. The summed E-state index contributed by atoms with van der Waals surface area (Å²) in [6.07, 6.45) is 0.930. The molecule has 0 aromatic heterocycles. The maximum absolute atomic E-state index is 13.6. The second kappa shape index (κ2) is 11.1. The van der Waals surface area contributed by atoms with Crippen LogP contribution in [0.2, 0.25) is 0 Å². The van der Waals surface area contributed by atoms with Crippen molar-refractivity contribution in [3.63, 3.8) is 0 Å². The van der Waals surface area contributed by atoms with Crippen molar-refractivity contribution >= 4 is 40.3 Å². The van der Waals surface area contributed by atoms with Crippen molar-refractivity contribution in [3.05, 3.63) is 129 Å². The SMILES string of the molecule is COc1ccc(C(C=O)N(Cc2ccccc2)c2ccc(I)cc2C(=O)c2ccccc2)cc1. The van der Waals surface area contributed by atoms with Gasteiger partial charge in [-0.05, 0) is 64.0 Å². The number of nitrogens with zero attached hydrogens (tertiary/aromatic N) is 1. The van der Waals surface area contributed by atoms with Gasteiger partial charge in [0.2, 0.25) is 0 Å². The van der Waals surface area contributed by atoms with Crippen LogP contribution in [0.15, 0.2) is 103 Å². The van der Waals surface area contributed by atoms with Crippen molar-refractivity contribution in [2.24, 2.45) is 0 Å². The molecule has 0 heterocycles. The van der Waals surface area contributed by atoms with Gasteiger partial charge in [-0.2, -0.15) is 0 Å². The second-order valence-corrected chi connectivity index (χ2v) is 9.07. The number of ether oxygens (including phenoxy) is 1. The van der Waals surface area contributed by atoms with Crippen molar-refractivity contribution in [1.29, 1.82) is 0 Å². The molecular formula is C29H24INO3. The zero-order chi connectivity index (χ0) is 23.9. The molecule has 0 aliphatic carbocycles. The number of carbonyl (C=O) groups is 2. The van der Waals surface area contributed by atoms with Crippen LogP contribution < -0.4 is 9.64 Å². The first kappa shape index (κ1) is 23.7. The Kier molecular flexibility index (Phi) is 7.75. The van der Waals surface area contributed by atoms with Crippen LogP contribution in [-0.2, 0) is 11.3 Å². The van der Waals surface area contributed by atoms with Crippen LogP contribution in [0, 0.1) is 3.57 Å². The number of benzene rings is 4. The monoisotopic (exact) mass is 561 g/mol. The van der Waals surface area contributed by atoms with E-state index in [1.165, 1.54) is 0 Å². The Bertz CT molecular complexity index is 1260. The van der Waals surface area contributed by atoms with Crippen molar-refractivity contribution in [3.8, 4) is 5.75 Å². The summed E-state index contributed by atoms with van der Waals surface area (Å²) in [7, 11) is 1.61. The van der Waals surface area contributed by atoms with E-state index in [2.05, 4.69) is 22.6 Å². The number of halogens is 1. The topological polar surface area (TPSA) is 46.6 Å². The standard InChI is InChI=1S/C29H24INO3/c1-34-25-15-12-22(13-16-25)28(20-32)31(19-21-8-4-2-5-9-21)27-17-14-24(30)18-26(27)29(33)23-10-6-3-7-11-23/h2-18,20,28H,19H2,1H3. The van der Waals surface area contributed by atoms with Gasteiger partial charge in [-0.15, -0.1) is 0 Å². The summed E-state index contributed by atoms with van der Waals surface area (Å²) >= 11 is 2.21. The third kappa shape index (κ3) is 5.37. The van der Waals surface area contributed by atoms with Crippen molar-refractivity contribution in [2.45, 2.75) is 12.6 Å². The summed E-state index contributed by atoms with van der Waals surface area (Å²) in [5.41, 5.74) is 3.75. The van der Waals surface area contributed by atoms with E-state index in [-0.39, 0.29) is 5.78 Å². The van der Waals surface area contributed by atoms with Crippen LogP contribution in [0.1, 0.15) is 33.1 Å². The molecule has 4 aromatic carbocycles. The molecule has 0 bridgehead atoms. The minimum absolute atomic E-state index is 0.0773. The first-order valence-corrected chi connectivity index (χ1v) is 12.0. The maximum Gasteiger partial charge on any atom is 0.195 e. The summed E-state index contributed by atoms with van der Waals surface area (Å²) < 4.78 is 6.24. The molecule has 0 aliphatic heterocycles. The summed E-state index contributed by atoms with van der Waals surface area (Å²) in [6.45, 7) is 0.464. The molecule has 4 nitrogen and oxygen atoms in total. The van der Waals surface area contributed by atoms with E-state index in [0.717, 1.165) is 26.7 Å². The number of aldehydes is 1. The summed E-state index contributed by atoms with van der Waals surface area (Å²) in [5.74, 6) is 0.642. The van der Waals surface area contributed by atoms with Crippen LogP contribution in [0.5, 0.6) is 5.75 Å². The summed E-state index contributed by atoms with van der Waals surface area (Å²) in [4.78, 5) is 28.1. The van der Waals surface area contributed by atoms with Gasteiger partial charge in [0.25, 0.3) is 0 Å². The molecule has 170 valence electrons. The highest BCUT2D eigenvalue weighted by Gasteiger charge is 2.26. The Morgan fingerprint density at radius 3 is 2.18 bits per heavy atom. The number of ketones is 1. The van der Waals surface area contributed by atoms with E-state index in [1.807, 2.05) is 108 Å². The number of hydrogen-bond donors (Lipinski definition) is 0. The normalized spacial score (nSPS) is 11.5. The van der Waals surface area contributed by atoms with Crippen LogP contribution in [0.3, 0.4) is 0 Å². The Labute approximate surface area is 213 Å². The van der Waals surface area contributed by atoms with E-state index < -0.39 is 6.04 Å². The number of anilines is 1. The van der Waals surface area contributed by atoms with E-state index in [4.69, 9.17) is 4.74 Å². The number of rotatable bonds is 9. The zero-order valence-electron chi connectivity index (χ0n) is 18.7. The lowest BCUT2D eigenvalue weighted by Crippen LogP contribution is -2.31. The Morgan fingerprint density at radius 2 is 1.56 bits per heavy atom. The molecule has 1 atom stereocenters. The summed E-state index contributed by atoms with van der Waals surface area (Å²) in [5, 5.41) is 0. The molecule has 0 saturated carbocycles. The lowest BCUT2D eigenvalue weighted by atomic mass is 9.98. The molecule has 0 fully saturated rings. The highest BCUT2D eigenvalue weighted by molar-refractivity contribution is 14.1. The maximum atomic E-state index is 13.6. The second-order valence-electron chi connectivity index (χ2n) is 7.82. The molecule has 0 amide bonds. The molecule has 34 heavy (non-hydrogen) atoms. The van der Waals surface area contributed by atoms with Crippen LogP contribution in [0.25, 0.3) is 0 Å². The van der Waals surface area contributed by atoms with Gasteiger partial charge in [0.05, 0.1) is 7.11 Å². The molecule has 0 N–H and O–H groups in total. The fourth-order valence-corrected chi connectivity index (χ4v) is 4.42. The molecule has 4 aromatic rings. The minimum atomic E-state index is -0.589. The lowest BCUT2D eigenvalue weighted by molar-refractivity contribution is -0.109. The van der Waals surface area contributed by atoms with Gasteiger partial charge in [-0.25, -0.2) is 0 Å². The van der Waals surface area contributed by atoms with E-state index >= 15 is 0 Å². The highest BCUT2D eigenvalue weighted by atomic mass is 127. The molecule has 0 spiro atoms. The van der Waals surface area contributed by atoms with Gasteiger partial charge in [0.15, 0.2) is 5.78 Å². The largest absolute Gasteiger partial charge is 0.497 e. The van der Waals surface area contributed by atoms with Crippen molar-refractivity contribution < 1.29 is 14.3 Å². The average molecular weight is 561 g/mol. The van der Waals surface area contributed by atoms with Gasteiger partial charge < -0.3 is 14.4 Å². The molecular weight excluding hydrogens is 537 g/mol. The smallest absolute Gasteiger partial charge is 0.195 e. The van der Waals surface area contributed by atoms with Crippen LogP contribution in [0.4, 0.5) is 5.69 Å². The lowest BCUT2D eigenvalue weighted by Gasteiger charge is -2.32. The first-order valence-electron chi connectivity index (χ1n) is 10.9. The summed E-state index contributed by atoms with van der Waals surface area (Å²) in [6, 6.07) is 31.8. The Balaban J connectivity index is 1.84. The predicted octanol–water partition coefficient (Wildman–Crippen LogP) is 6.48. The quantitative estimate of drug-likeness (QED) is 0.133. The van der Waals surface area contributed by atoms with Gasteiger partial charge in [0, 0.05) is 26.9 Å². The predicted molar refractivity (Wildman–Crippen MR) is 143 cm³/mol. The molecule has 0 saturated heterocycles. The van der Waals surface area contributed by atoms with E-state index in [0.29, 0.717) is 23.4 Å². The van der Waals surface area contributed by atoms with Crippen molar-refractivity contribution in [2.75, 3.05) is 12.0 Å². The number of hydrogen-bond acceptors (Lipinski definition) is 4. The van der Waals surface area contributed by atoms with E-state index in [9.17, 15) is 9.59 Å². The van der Waals surface area contributed by atoms with Gasteiger partial charge in [-0.3, -0.25) is 4.79 Å². The fraction of sp³-hybridized carbons (Fsp3) is 0.103. The van der Waals surface area contributed by atoms with Gasteiger partial charge >= 0.3 is 0 Å². The zero-order valence-corrected chi connectivity index (χ0v) is 20.9. The Morgan fingerprint density at radius 1 is 0.912 bits per heavy atom. The fourth-order valence-electron chi connectivity index (χ4n) is 3.93. The number of methoxy groups -OCH3 is 1. The first-order chi connectivity index (χ1) is 16.6. The van der Waals surface area contributed by atoms with Gasteiger partial charge in [0.1, 0.15) is 18.1 Å². The molecule has 5 heteroatoms. The molecule has 4 rings (SSSR count). The van der Waals surface area contributed by atoms with E-state index in [1.54, 1.807) is 7.11 Å². The van der Waals surface area contributed by atoms with Gasteiger partial charge in [-0.1, -0.05) is 72.8 Å². The van der Waals surface area contributed by atoms with Crippen LogP contribution in [-0.4, -0.2) is 19.2 Å². The number of carbonyl (C=O) groups excluding carboxylic acids is 2. The average Bonchev–Trinajstić information content (AvgIpc) is 2.89.